The van der Waals surface area contributed by atoms with Crippen molar-refractivity contribution >= 4 is 56.7 Å². The van der Waals surface area contributed by atoms with Crippen molar-refractivity contribution in [3.8, 4) is 33.8 Å². The van der Waals surface area contributed by atoms with E-state index in [1.807, 2.05) is 0 Å². The van der Waals surface area contributed by atoms with Gasteiger partial charge in [-0.2, -0.15) is 0 Å². The molecule has 272 valence electrons. The summed E-state index contributed by atoms with van der Waals surface area (Å²) < 4.78 is 6.85. The third kappa shape index (κ3) is 3.87. The maximum atomic E-state index is 6.85. The fraction of sp³-hybridized carbons (Fsp3) is 0.0545. The van der Waals surface area contributed by atoms with E-state index < -0.39 is 13.5 Å². The summed E-state index contributed by atoms with van der Waals surface area (Å²) in [6.45, 7) is 4.50. The van der Waals surface area contributed by atoms with Crippen LogP contribution in [0.15, 0.2) is 188 Å². The zero-order valence-electron chi connectivity index (χ0n) is 32.3. The van der Waals surface area contributed by atoms with Gasteiger partial charge in [-0.15, -0.1) is 0 Å². The van der Waals surface area contributed by atoms with Gasteiger partial charge in [-0.05, 0) is 121 Å². The molecule has 4 aliphatic rings. The average molecular weight is 756 g/mol. The van der Waals surface area contributed by atoms with Crippen molar-refractivity contribution in [2.75, 3.05) is 4.90 Å². The molecule has 2 spiro atoms. The molecule has 9 aromatic rings. The quantitative estimate of drug-likeness (QED) is 0.155. The zero-order chi connectivity index (χ0) is 38.3. The summed E-state index contributed by atoms with van der Waals surface area (Å²) in [5, 5.41) is 8.38. The molecule has 0 amide bonds. The van der Waals surface area contributed by atoms with Gasteiger partial charge in [-0.3, -0.25) is 0 Å². The molecule has 0 N–H and O–H groups in total. The molecule has 13 rings (SSSR count). The summed E-state index contributed by atoms with van der Waals surface area (Å²) in [7, 11) is -2.70. The van der Waals surface area contributed by atoms with E-state index >= 15 is 0 Å². The Balaban J connectivity index is 1.11. The van der Waals surface area contributed by atoms with E-state index in [2.05, 4.69) is 207 Å². The Hall–Kier alpha value is -6.94. The van der Waals surface area contributed by atoms with Crippen molar-refractivity contribution < 1.29 is 4.74 Å². The zero-order valence-corrected chi connectivity index (χ0v) is 33.3. The standard InChI is InChI=1S/C55H37NOSi/c1-34-23-26-40-41-27-24-35(2)30-53(41)58(52(40)29-34)51-22-12-5-15-39(51)42-28-25-38(33-54(42)58)56-47-19-9-6-16-43(47)55(44-17-7-10-20-48(44)56)45-18-8-11-21-49(45)57-50-32-37-14-4-3-13-36(37)31-46(50)55/h3-33H,1-2H3. The van der Waals surface area contributed by atoms with Gasteiger partial charge in [-0.25, -0.2) is 0 Å². The van der Waals surface area contributed by atoms with E-state index in [0.717, 1.165) is 17.1 Å². The van der Waals surface area contributed by atoms with Crippen LogP contribution in [0.4, 0.5) is 17.1 Å². The fourth-order valence-electron chi connectivity index (χ4n) is 11.4. The van der Waals surface area contributed by atoms with Gasteiger partial charge >= 0.3 is 0 Å². The first-order chi connectivity index (χ1) is 28.6. The number of hydrogen-bond donors (Lipinski definition) is 0. The number of para-hydroxylation sites is 3. The van der Waals surface area contributed by atoms with Crippen LogP contribution in [0.5, 0.6) is 11.5 Å². The first kappa shape index (κ1) is 32.2. The molecule has 0 radical (unpaired) electrons. The normalized spacial score (nSPS) is 15.1. The van der Waals surface area contributed by atoms with Gasteiger partial charge in [0.05, 0.1) is 16.8 Å². The minimum absolute atomic E-state index is 0.612. The van der Waals surface area contributed by atoms with Crippen molar-refractivity contribution in [2.45, 2.75) is 19.3 Å². The van der Waals surface area contributed by atoms with Gasteiger partial charge in [0.2, 0.25) is 0 Å². The summed E-state index contributed by atoms with van der Waals surface area (Å²) >= 11 is 0. The second kappa shape index (κ2) is 11.3. The minimum Gasteiger partial charge on any atom is -0.457 e. The van der Waals surface area contributed by atoms with Crippen LogP contribution in [0, 0.1) is 13.8 Å². The van der Waals surface area contributed by atoms with Gasteiger partial charge in [-0.1, -0.05) is 157 Å². The molecule has 2 nitrogen and oxygen atoms in total. The molecule has 3 heteroatoms. The number of rotatable bonds is 1. The van der Waals surface area contributed by atoms with E-state index in [1.165, 1.54) is 98.7 Å². The maximum Gasteiger partial charge on any atom is 0.182 e. The molecule has 0 fully saturated rings. The SMILES string of the molecule is Cc1ccc2c(c1)[Si]1(c3ccccc3-c3ccc(N4c5ccccc5C5(c6ccccc6Oc6cc7ccccc7cc65)c5ccccc54)cc31)c1cc(C)ccc1-2. The largest absolute Gasteiger partial charge is 0.457 e. The lowest BCUT2D eigenvalue weighted by atomic mass is 9.61. The molecule has 4 heterocycles. The highest BCUT2D eigenvalue weighted by Gasteiger charge is 2.55. The Labute approximate surface area is 339 Å². The molecule has 9 aromatic carbocycles. The van der Waals surface area contributed by atoms with Gasteiger partial charge < -0.3 is 9.64 Å². The highest BCUT2D eigenvalue weighted by atomic mass is 28.3. The Morgan fingerprint density at radius 2 is 0.914 bits per heavy atom. The van der Waals surface area contributed by atoms with Crippen LogP contribution in [-0.2, 0) is 5.41 Å². The van der Waals surface area contributed by atoms with E-state index in [1.54, 1.807) is 0 Å². The predicted octanol–water partition coefficient (Wildman–Crippen LogP) is 11.1. The molecule has 0 bridgehead atoms. The molecule has 0 saturated carbocycles. The number of anilines is 3. The topological polar surface area (TPSA) is 12.5 Å². The number of hydrogen-bond acceptors (Lipinski definition) is 2. The summed E-state index contributed by atoms with van der Waals surface area (Å²) in [5.41, 5.74) is 15.9. The highest BCUT2D eigenvalue weighted by Crippen LogP contribution is 2.63. The van der Waals surface area contributed by atoms with Gasteiger partial charge in [0.1, 0.15) is 11.5 Å². The highest BCUT2D eigenvalue weighted by molar-refractivity contribution is 7.24. The second-order valence-corrected chi connectivity index (χ2v) is 20.2. The Morgan fingerprint density at radius 3 is 1.60 bits per heavy atom. The fourth-order valence-corrected chi connectivity index (χ4v) is 17.2. The number of ether oxygens (including phenoxy) is 1. The van der Waals surface area contributed by atoms with Crippen LogP contribution < -0.4 is 30.4 Å². The number of benzene rings is 9. The Bertz CT molecular complexity index is 3170. The van der Waals surface area contributed by atoms with Crippen LogP contribution >= 0.6 is 0 Å². The maximum absolute atomic E-state index is 6.85. The number of fused-ring (bicyclic) bond motifs is 19. The minimum atomic E-state index is -2.70. The number of aryl methyl sites for hydroxylation is 2. The summed E-state index contributed by atoms with van der Waals surface area (Å²) in [6, 6.07) is 71.1. The monoisotopic (exact) mass is 755 g/mol. The van der Waals surface area contributed by atoms with Crippen LogP contribution in [-0.4, -0.2) is 8.07 Å². The molecule has 58 heavy (non-hydrogen) atoms. The van der Waals surface area contributed by atoms with E-state index in [9.17, 15) is 0 Å². The van der Waals surface area contributed by atoms with Crippen LogP contribution in [0.1, 0.15) is 33.4 Å². The van der Waals surface area contributed by atoms with Gasteiger partial charge in [0.25, 0.3) is 0 Å². The number of nitrogens with zero attached hydrogens (tertiary/aromatic N) is 1. The van der Waals surface area contributed by atoms with Gasteiger partial charge in [0.15, 0.2) is 8.07 Å². The first-order valence-corrected chi connectivity index (χ1v) is 22.3. The van der Waals surface area contributed by atoms with Crippen molar-refractivity contribution in [2.24, 2.45) is 0 Å². The van der Waals surface area contributed by atoms with Crippen molar-refractivity contribution in [1.29, 1.82) is 0 Å². The molecular formula is C55H37NOSi. The average Bonchev–Trinajstić information content (AvgIpc) is 3.71. The molecule has 0 atom stereocenters. The Morgan fingerprint density at radius 1 is 0.397 bits per heavy atom. The lowest BCUT2D eigenvalue weighted by molar-refractivity contribution is 0.435. The smallest absolute Gasteiger partial charge is 0.182 e. The third-order valence-corrected chi connectivity index (χ3v) is 18.5. The van der Waals surface area contributed by atoms with Crippen molar-refractivity contribution in [1.82, 2.24) is 0 Å². The molecule has 0 saturated heterocycles. The second-order valence-electron chi connectivity index (χ2n) is 16.5. The lowest BCUT2D eigenvalue weighted by Crippen LogP contribution is -2.70. The lowest BCUT2D eigenvalue weighted by Gasteiger charge is -2.48. The van der Waals surface area contributed by atoms with Crippen LogP contribution in [0.25, 0.3) is 33.0 Å². The summed E-state index contributed by atoms with van der Waals surface area (Å²) in [4.78, 5) is 2.54. The molecule has 0 aromatic heterocycles. The molecular weight excluding hydrogens is 719 g/mol. The van der Waals surface area contributed by atoms with E-state index in [4.69, 9.17) is 4.74 Å². The van der Waals surface area contributed by atoms with Crippen molar-refractivity contribution in [3.05, 3.63) is 221 Å². The molecule has 0 unspecified atom stereocenters. The predicted molar refractivity (Wildman–Crippen MR) is 242 cm³/mol. The van der Waals surface area contributed by atoms with Crippen LogP contribution in [0.3, 0.4) is 0 Å². The first-order valence-electron chi connectivity index (χ1n) is 20.3. The Kier molecular flexibility index (Phi) is 6.29. The third-order valence-electron chi connectivity index (χ3n) is 13.6. The molecule has 4 aliphatic heterocycles. The van der Waals surface area contributed by atoms with E-state index in [-0.39, 0.29) is 0 Å². The molecule has 0 aliphatic carbocycles. The van der Waals surface area contributed by atoms with Gasteiger partial charge in [0, 0.05) is 16.8 Å². The summed E-state index contributed by atoms with van der Waals surface area (Å²) in [5.74, 6) is 1.80. The van der Waals surface area contributed by atoms with Crippen molar-refractivity contribution in [3.63, 3.8) is 0 Å². The van der Waals surface area contributed by atoms with E-state index in [0.29, 0.717) is 0 Å². The summed E-state index contributed by atoms with van der Waals surface area (Å²) in [6.07, 6.45) is 0. The van der Waals surface area contributed by atoms with Crippen LogP contribution in [0.2, 0.25) is 0 Å².